The highest BCUT2D eigenvalue weighted by molar-refractivity contribution is 5.91. The molecule has 43 heavy (non-hydrogen) atoms. The molecule has 0 bridgehead atoms. The van der Waals surface area contributed by atoms with Crippen LogP contribution in [-0.2, 0) is 0 Å². The molecule has 0 N–H and O–H groups in total. The third-order valence-corrected chi connectivity index (χ3v) is 5.86. The van der Waals surface area contributed by atoms with E-state index in [1.54, 1.807) is 6.07 Å². The minimum absolute atomic E-state index is 0.235. The second-order valence-corrected chi connectivity index (χ2v) is 8.84. The van der Waals surface area contributed by atoms with Crippen molar-refractivity contribution in [3.63, 3.8) is 0 Å². The summed E-state index contributed by atoms with van der Waals surface area (Å²) in [5.41, 5.74) is 2.24. The lowest BCUT2D eigenvalue weighted by Gasteiger charge is -2.11. The fourth-order valence-corrected chi connectivity index (χ4v) is 3.55. The molecule has 0 aliphatic heterocycles. The van der Waals surface area contributed by atoms with Gasteiger partial charge in [-0.1, -0.05) is 0 Å². The van der Waals surface area contributed by atoms with E-state index in [4.69, 9.17) is 9.47 Å². The number of anilines is 1. The zero-order valence-electron chi connectivity index (χ0n) is 23.0. The minimum atomic E-state index is -2.37. The monoisotopic (exact) mass is 599 g/mol. The fraction of sp³-hybridized carbons (Fsp3) is 0.138. The number of halogens is 5. The Balaban J connectivity index is 1.51. The molecule has 0 amide bonds. The van der Waals surface area contributed by atoms with Crippen molar-refractivity contribution in [2.45, 2.75) is 0 Å². The summed E-state index contributed by atoms with van der Waals surface area (Å²) < 4.78 is 83.0. The number of carbonyl (C=O) groups is 1. The molecule has 0 saturated carbocycles. The predicted molar refractivity (Wildman–Crippen MR) is 146 cm³/mol. The maximum Gasteiger partial charge on any atom is 0.343 e. The van der Waals surface area contributed by atoms with Gasteiger partial charge >= 0.3 is 5.97 Å². The van der Waals surface area contributed by atoms with Crippen LogP contribution in [0.4, 0.5) is 50.4 Å². The number of carbonyl (C=O) groups excluding carboxylic acids is 1. The average molecular weight is 600 g/mol. The van der Waals surface area contributed by atoms with Gasteiger partial charge in [0.05, 0.1) is 31.2 Å². The summed E-state index contributed by atoms with van der Waals surface area (Å²) in [4.78, 5) is 14.2. The molecule has 0 aliphatic carbocycles. The number of hydrogen-bond donors (Lipinski definition) is 0. The molecule has 0 unspecified atom stereocenters. The number of esters is 1. The van der Waals surface area contributed by atoms with Gasteiger partial charge in [0.25, 0.3) is 0 Å². The quantitative estimate of drug-likeness (QED) is 0.0480. The molecular formula is C29H22F5N5O4. The predicted octanol–water partition coefficient (Wildman–Crippen LogP) is 8.52. The van der Waals surface area contributed by atoms with Gasteiger partial charge in [-0.15, -0.1) is 10.2 Å². The van der Waals surface area contributed by atoms with Gasteiger partial charge in [-0.3, -0.25) is 0 Å². The highest BCUT2D eigenvalue weighted by Gasteiger charge is 2.29. The van der Waals surface area contributed by atoms with Crippen LogP contribution in [0, 0.1) is 29.1 Å². The Morgan fingerprint density at radius 3 is 1.47 bits per heavy atom. The second-order valence-electron chi connectivity index (χ2n) is 8.84. The number of hydrogen-bond acceptors (Lipinski definition) is 9. The van der Waals surface area contributed by atoms with E-state index in [2.05, 4.69) is 25.2 Å². The van der Waals surface area contributed by atoms with Crippen LogP contribution in [0.2, 0.25) is 0 Å². The molecule has 0 radical (unpaired) electrons. The van der Waals surface area contributed by atoms with Crippen molar-refractivity contribution < 1.29 is 41.0 Å². The van der Waals surface area contributed by atoms with Crippen LogP contribution in [0.15, 0.2) is 81.1 Å². The Kier molecular flexibility index (Phi) is 9.28. The molecule has 0 aromatic heterocycles. The van der Waals surface area contributed by atoms with Gasteiger partial charge in [-0.05, 0) is 48.5 Å². The van der Waals surface area contributed by atoms with E-state index in [0.717, 1.165) is 17.8 Å². The topological polar surface area (TPSA) is 97.4 Å². The van der Waals surface area contributed by atoms with E-state index in [1.807, 2.05) is 43.3 Å². The van der Waals surface area contributed by atoms with Gasteiger partial charge < -0.3 is 19.1 Å². The van der Waals surface area contributed by atoms with Gasteiger partial charge in [0.1, 0.15) is 22.9 Å². The van der Waals surface area contributed by atoms with Crippen molar-refractivity contribution in [1.29, 1.82) is 0 Å². The molecule has 0 saturated heterocycles. The first kappa shape index (κ1) is 30.6. The van der Waals surface area contributed by atoms with Crippen LogP contribution in [0.1, 0.15) is 10.4 Å². The highest BCUT2D eigenvalue weighted by Crippen LogP contribution is 2.41. The Morgan fingerprint density at radius 2 is 1.05 bits per heavy atom. The van der Waals surface area contributed by atoms with E-state index in [9.17, 15) is 26.7 Å². The lowest BCUT2D eigenvalue weighted by atomic mass is 10.2. The van der Waals surface area contributed by atoms with Crippen LogP contribution in [0.5, 0.6) is 17.2 Å². The van der Waals surface area contributed by atoms with Crippen molar-refractivity contribution in [3.05, 3.63) is 95.3 Å². The summed E-state index contributed by atoms with van der Waals surface area (Å²) in [5, 5.41) is 16.7. The normalized spacial score (nSPS) is 11.3. The summed E-state index contributed by atoms with van der Waals surface area (Å²) in [6.45, 7) is 0. The Morgan fingerprint density at radius 1 is 0.628 bits per heavy atom. The number of nitrogens with zero attached hydrogens (tertiary/aromatic N) is 5. The van der Waals surface area contributed by atoms with E-state index in [0.29, 0.717) is 22.9 Å². The van der Waals surface area contributed by atoms with Crippen molar-refractivity contribution in [2.75, 3.05) is 33.2 Å². The Hall–Kier alpha value is -5.40. The van der Waals surface area contributed by atoms with Gasteiger partial charge in [0.15, 0.2) is 0 Å². The van der Waals surface area contributed by atoms with Crippen LogP contribution in [0.3, 0.4) is 0 Å². The largest absolute Gasteiger partial charge is 0.494 e. The first-order valence-electron chi connectivity index (χ1n) is 12.2. The van der Waals surface area contributed by atoms with Crippen molar-refractivity contribution in [3.8, 4) is 17.2 Å². The molecule has 0 heterocycles. The third-order valence-electron chi connectivity index (χ3n) is 5.86. The molecule has 0 spiro atoms. The maximum absolute atomic E-state index is 13.8. The fourth-order valence-electron chi connectivity index (χ4n) is 3.55. The summed E-state index contributed by atoms with van der Waals surface area (Å²) >= 11 is 0. The lowest BCUT2D eigenvalue weighted by molar-refractivity contribution is 0.0716. The molecule has 222 valence electrons. The third kappa shape index (κ3) is 6.74. The number of methoxy groups -OCH3 is 2. The van der Waals surface area contributed by atoms with Crippen LogP contribution in [-0.4, -0.2) is 34.3 Å². The van der Waals surface area contributed by atoms with E-state index >= 15 is 0 Å². The number of ether oxygens (including phenoxy) is 3. The highest BCUT2D eigenvalue weighted by atomic mass is 19.2. The molecule has 4 aromatic rings. The Labute approximate surface area is 241 Å². The number of benzene rings is 4. The molecule has 4 rings (SSSR count). The molecule has 4 aromatic carbocycles. The van der Waals surface area contributed by atoms with Gasteiger partial charge in [-0.25, -0.2) is 18.0 Å². The van der Waals surface area contributed by atoms with Crippen molar-refractivity contribution in [1.82, 2.24) is 0 Å². The van der Waals surface area contributed by atoms with Gasteiger partial charge in [-0.2, -0.15) is 19.0 Å². The summed E-state index contributed by atoms with van der Waals surface area (Å²) in [7, 11) is 6.72. The second kappa shape index (κ2) is 13.1. The maximum atomic E-state index is 13.8. The average Bonchev–Trinajstić information content (AvgIpc) is 3.03. The van der Waals surface area contributed by atoms with Gasteiger partial charge in [0.2, 0.25) is 34.8 Å². The molecular weight excluding hydrogens is 577 g/mol. The Bertz CT molecular complexity index is 1680. The molecule has 14 heteroatoms. The van der Waals surface area contributed by atoms with E-state index < -0.39 is 40.8 Å². The zero-order valence-corrected chi connectivity index (χ0v) is 23.0. The summed E-state index contributed by atoms with van der Waals surface area (Å²) in [6.07, 6.45) is 0. The smallest absolute Gasteiger partial charge is 0.343 e. The first-order chi connectivity index (χ1) is 20.5. The van der Waals surface area contributed by atoms with Gasteiger partial charge in [0, 0.05) is 31.9 Å². The molecule has 9 nitrogen and oxygen atoms in total. The molecule has 0 atom stereocenters. The number of rotatable bonds is 9. The zero-order chi connectivity index (χ0) is 31.3. The molecule has 0 aliphatic rings. The SMILES string of the molecule is COc1cc(N=Nc2ccc(N(C)C)cc2)c(OC)cc1N=Nc1ccc(C(=O)Oc2c(F)c(F)c(F)c(F)c2F)cc1. The molecule has 0 fully saturated rings. The van der Waals surface area contributed by atoms with Crippen LogP contribution >= 0.6 is 0 Å². The van der Waals surface area contributed by atoms with Crippen molar-refractivity contribution in [2.24, 2.45) is 20.5 Å². The summed E-state index contributed by atoms with van der Waals surface area (Å²) in [5.74, 6) is -13.8. The standard InChI is InChI=1S/C29H22F5N5O4/c1-39(2)18-11-9-17(10-12-18)36-38-20-14-21(41-3)19(13-22(20)42-4)37-35-16-7-5-15(6-8-16)29(40)43-28-26(33)24(31)23(30)25(32)27(28)34/h5-14H,1-4H3. The van der Waals surface area contributed by atoms with Crippen LogP contribution in [0.25, 0.3) is 0 Å². The first-order valence-corrected chi connectivity index (χ1v) is 12.2. The summed E-state index contributed by atoms with van der Waals surface area (Å²) in [6, 6.07) is 15.5. The van der Waals surface area contributed by atoms with Crippen LogP contribution < -0.4 is 19.1 Å². The van der Waals surface area contributed by atoms with E-state index in [1.165, 1.54) is 32.4 Å². The minimum Gasteiger partial charge on any atom is -0.494 e. The lowest BCUT2D eigenvalue weighted by Crippen LogP contribution is -2.13. The number of azo groups is 2. The van der Waals surface area contributed by atoms with E-state index in [-0.39, 0.29) is 16.9 Å². The van der Waals surface area contributed by atoms with Crippen molar-refractivity contribution >= 4 is 34.4 Å².